The number of pyridine rings is 1. The molecule has 0 aromatic carbocycles. The van der Waals surface area contributed by atoms with Gasteiger partial charge in [-0.25, -0.2) is 9.78 Å². The third-order valence-electron chi connectivity index (χ3n) is 4.55. The van der Waals surface area contributed by atoms with E-state index in [9.17, 15) is 4.79 Å². The molecule has 1 aliphatic heterocycles. The molecule has 1 amide bonds. The third kappa shape index (κ3) is 3.42. The number of ether oxygens (including phenoxy) is 1. The van der Waals surface area contributed by atoms with Gasteiger partial charge in [0, 0.05) is 17.2 Å². The van der Waals surface area contributed by atoms with Crippen molar-refractivity contribution < 1.29 is 18.8 Å². The van der Waals surface area contributed by atoms with Crippen molar-refractivity contribution in [3.63, 3.8) is 0 Å². The van der Waals surface area contributed by atoms with Gasteiger partial charge in [-0.2, -0.15) is 0 Å². The Balaban J connectivity index is 2.27. The number of hydrogen-bond acceptors (Lipinski definition) is 5. The van der Waals surface area contributed by atoms with Crippen LogP contribution in [0.1, 0.15) is 48.5 Å². The monoisotopic (exact) mass is 334 g/mol. The maximum Gasteiger partial charge on any atom is 0.496 e. The number of carbonyl (C=O) groups is 1. The molecule has 2 heterocycles. The lowest BCUT2D eigenvalue weighted by Crippen LogP contribution is -2.46. The summed E-state index contributed by atoms with van der Waals surface area (Å²) >= 11 is 0. The predicted molar refractivity (Wildman–Crippen MR) is 94.6 cm³/mol. The fraction of sp³-hybridized carbons (Fsp3) is 0.647. The molecule has 0 aliphatic carbocycles. The Morgan fingerprint density at radius 2 is 1.71 bits per heavy atom. The Morgan fingerprint density at radius 3 is 2.08 bits per heavy atom. The fourth-order valence-corrected chi connectivity index (χ4v) is 2.45. The van der Waals surface area contributed by atoms with Crippen molar-refractivity contribution in [3.8, 4) is 0 Å². The van der Waals surface area contributed by atoms with Crippen molar-refractivity contribution in [2.45, 2.75) is 65.2 Å². The third-order valence-corrected chi connectivity index (χ3v) is 4.55. The van der Waals surface area contributed by atoms with E-state index in [0.29, 0.717) is 5.82 Å². The van der Waals surface area contributed by atoms with Gasteiger partial charge in [-0.15, -0.1) is 0 Å². The first-order valence-corrected chi connectivity index (χ1v) is 8.09. The van der Waals surface area contributed by atoms with Gasteiger partial charge in [-0.05, 0) is 54.5 Å². The van der Waals surface area contributed by atoms with Crippen LogP contribution in [0.25, 0.3) is 0 Å². The number of anilines is 1. The van der Waals surface area contributed by atoms with E-state index >= 15 is 0 Å². The summed E-state index contributed by atoms with van der Waals surface area (Å²) in [7, 11) is 0.887. The van der Waals surface area contributed by atoms with Gasteiger partial charge in [-0.3, -0.25) is 4.90 Å². The number of aromatic nitrogens is 1. The Labute approximate surface area is 144 Å². The topological polar surface area (TPSA) is 60.9 Å². The molecule has 0 spiro atoms. The maximum atomic E-state index is 12.1. The van der Waals surface area contributed by atoms with E-state index in [0.717, 1.165) is 5.46 Å². The largest absolute Gasteiger partial charge is 0.496 e. The standard InChI is InChI=1S/C17H27BN2O4/c1-15(2,3)20(14(21)22-8)13-10-9-12(11-19-13)18-23-16(4,5)17(6,7)24-18/h9-11H,1-8H3. The van der Waals surface area contributed by atoms with Crippen molar-refractivity contribution in [1.82, 2.24) is 4.98 Å². The summed E-state index contributed by atoms with van der Waals surface area (Å²) in [5.74, 6) is 0.523. The highest BCUT2D eigenvalue weighted by atomic mass is 16.7. The summed E-state index contributed by atoms with van der Waals surface area (Å²) < 4.78 is 16.9. The second-order valence-electron chi connectivity index (χ2n) is 8.01. The highest BCUT2D eigenvalue weighted by Crippen LogP contribution is 2.36. The van der Waals surface area contributed by atoms with Crippen LogP contribution in [0.2, 0.25) is 0 Å². The molecule has 6 nitrogen and oxygen atoms in total. The van der Waals surface area contributed by atoms with E-state index in [1.807, 2.05) is 54.5 Å². The molecule has 1 aromatic rings. The summed E-state index contributed by atoms with van der Waals surface area (Å²) in [5, 5.41) is 0. The van der Waals surface area contributed by atoms with E-state index in [1.165, 1.54) is 12.0 Å². The van der Waals surface area contributed by atoms with Crippen LogP contribution in [0.4, 0.5) is 10.6 Å². The van der Waals surface area contributed by atoms with E-state index in [-0.39, 0.29) is 0 Å². The Kier molecular flexibility index (Phi) is 4.72. The van der Waals surface area contributed by atoms with E-state index in [4.69, 9.17) is 14.0 Å². The highest BCUT2D eigenvalue weighted by Gasteiger charge is 2.51. The summed E-state index contributed by atoms with van der Waals surface area (Å²) in [4.78, 5) is 18.0. The minimum Gasteiger partial charge on any atom is -0.452 e. The van der Waals surface area contributed by atoms with Gasteiger partial charge >= 0.3 is 13.2 Å². The fourth-order valence-electron chi connectivity index (χ4n) is 2.45. The molecule has 2 rings (SSSR count). The average Bonchev–Trinajstić information content (AvgIpc) is 2.66. The van der Waals surface area contributed by atoms with E-state index < -0.39 is 30.0 Å². The van der Waals surface area contributed by atoms with E-state index in [1.54, 1.807) is 12.3 Å². The number of methoxy groups -OCH3 is 1. The quantitative estimate of drug-likeness (QED) is 0.779. The lowest BCUT2D eigenvalue weighted by molar-refractivity contribution is 0.00578. The number of amides is 1. The molecule has 132 valence electrons. The van der Waals surface area contributed by atoms with Crippen molar-refractivity contribution >= 4 is 24.5 Å². The molecule has 0 atom stereocenters. The number of nitrogens with zero attached hydrogens (tertiary/aromatic N) is 2. The van der Waals surface area contributed by atoms with Crippen LogP contribution in [-0.2, 0) is 14.0 Å². The van der Waals surface area contributed by atoms with Crippen LogP contribution in [0.15, 0.2) is 18.3 Å². The number of carbonyl (C=O) groups excluding carboxylic acids is 1. The van der Waals surface area contributed by atoms with Crippen LogP contribution >= 0.6 is 0 Å². The minimum atomic E-state index is -0.474. The second-order valence-corrected chi connectivity index (χ2v) is 8.01. The SMILES string of the molecule is COC(=O)N(c1ccc(B2OC(C)(C)C(C)(C)O2)cn1)C(C)(C)C. The van der Waals surface area contributed by atoms with Crippen LogP contribution in [0, 0.1) is 0 Å². The number of rotatable bonds is 2. The first-order valence-electron chi connectivity index (χ1n) is 8.09. The molecule has 1 aromatic heterocycles. The molecule has 1 fully saturated rings. The second kappa shape index (κ2) is 6.04. The van der Waals surface area contributed by atoms with Gasteiger partial charge in [0.2, 0.25) is 0 Å². The molecule has 1 saturated heterocycles. The summed E-state index contributed by atoms with van der Waals surface area (Å²) in [6, 6.07) is 3.65. The van der Waals surface area contributed by atoms with Gasteiger partial charge in [0.1, 0.15) is 5.82 Å². The first kappa shape index (κ1) is 18.7. The lowest BCUT2D eigenvalue weighted by atomic mass is 9.80. The van der Waals surface area contributed by atoms with Crippen molar-refractivity contribution in [2.75, 3.05) is 12.0 Å². The lowest BCUT2D eigenvalue weighted by Gasteiger charge is -2.33. The van der Waals surface area contributed by atoms with Crippen molar-refractivity contribution in [3.05, 3.63) is 18.3 Å². The summed E-state index contributed by atoms with van der Waals surface area (Å²) in [6.07, 6.45) is 1.23. The molecule has 0 N–H and O–H groups in total. The zero-order valence-electron chi connectivity index (χ0n) is 15.8. The average molecular weight is 334 g/mol. The van der Waals surface area contributed by atoms with Gasteiger partial charge < -0.3 is 14.0 Å². The molecule has 0 unspecified atom stereocenters. The normalized spacial score (nSPS) is 19.2. The molecule has 1 aliphatic rings. The minimum absolute atomic E-state index is 0.403. The molecule has 0 saturated carbocycles. The Hall–Kier alpha value is -1.60. The van der Waals surface area contributed by atoms with Crippen molar-refractivity contribution in [2.24, 2.45) is 0 Å². The van der Waals surface area contributed by atoms with Crippen molar-refractivity contribution in [1.29, 1.82) is 0 Å². The molecular weight excluding hydrogens is 307 g/mol. The van der Waals surface area contributed by atoms with Gasteiger partial charge in [0.15, 0.2) is 0 Å². The Morgan fingerprint density at radius 1 is 1.17 bits per heavy atom. The first-order chi connectivity index (χ1) is 10.9. The summed E-state index contributed by atoms with van der Waals surface area (Å²) in [6.45, 7) is 13.8. The summed E-state index contributed by atoms with van der Waals surface area (Å²) in [5.41, 5.74) is -0.443. The number of hydrogen-bond donors (Lipinski definition) is 0. The van der Waals surface area contributed by atoms with Crippen LogP contribution in [-0.4, -0.2) is 42.0 Å². The van der Waals surface area contributed by atoms with Gasteiger partial charge in [0.05, 0.1) is 18.3 Å². The van der Waals surface area contributed by atoms with Gasteiger partial charge in [0.25, 0.3) is 0 Å². The molecule has 0 bridgehead atoms. The maximum absolute atomic E-state index is 12.1. The zero-order valence-corrected chi connectivity index (χ0v) is 15.8. The molecule has 0 radical (unpaired) electrons. The van der Waals surface area contributed by atoms with Crippen LogP contribution < -0.4 is 10.4 Å². The van der Waals surface area contributed by atoms with Gasteiger partial charge in [-0.1, -0.05) is 6.07 Å². The Bertz CT molecular complexity index is 592. The molecule has 24 heavy (non-hydrogen) atoms. The zero-order chi connectivity index (χ0) is 18.3. The van der Waals surface area contributed by atoms with E-state index in [2.05, 4.69) is 4.98 Å². The van der Waals surface area contributed by atoms with Crippen LogP contribution in [0.5, 0.6) is 0 Å². The molecule has 7 heteroatoms. The van der Waals surface area contributed by atoms with Crippen LogP contribution in [0.3, 0.4) is 0 Å². The molecular formula is C17H27BN2O4. The highest BCUT2D eigenvalue weighted by molar-refractivity contribution is 6.62. The predicted octanol–water partition coefficient (Wildman–Crippen LogP) is 2.75. The smallest absolute Gasteiger partial charge is 0.452 e.